The monoisotopic (exact) mass is 330 g/mol. The van der Waals surface area contributed by atoms with E-state index in [1.165, 1.54) is 30.2 Å². The summed E-state index contributed by atoms with van der Waals surface area (Å²) < 4.78 is 4.50. The van der Waals surface area contributed by atoms with E-state index in [1.807, 2.05) is 12.2 Å². The normalized spacial score (nSPS) is 18.9. The number of ether oxygens (including phenoxy) is 1. The number of methoxy groups -OCH3 is 1. The van der Waals surface area contributed by atoms with Crippen LogP contribution in [0, 0.1) is 0 Å². The average Bonchev–Trinajstić information content (AvgIpc) is 2.77. The second-order valence-electron chi connectivity index (χ2n) is 6.18. The molecule has 0 unspecified atom stereocenters. The van der Waals surface area contributed by atoms with Gasteiger partial charge in [0.1, 0.15) is 0 Å². The van der Waals surface area contributed by atoms with Gasteiger partial charge in [0.25, 0.3) is 0 Å². The Labute approximate surface area is 143 Å². The van der Waals surface area contributed by atoms with Gasteiger partial charge in [-0.1, -0.05) is 42.5 Å². The number of aliphatic hydroxyl groups excluding tert-OH is 2. The molecule has 1 aromatic carbocycles. The highest BCUT2D eigenvalue weighted by molar-refractivity contribution is 5.70. The first kappa shape index (κ1) is 18.4. The number of hydrogen-bond acceptors (Lipinski definition) is 4. The van der Waals surface area contributed by atoms with Crippen LogP contribution in [-0.4, -0.2) is 35.5 Å². The lowest BCUT2D eigenvalue weighted by Gasteiger charge is -2.11. The molecule has 0 saturated carbocycles. The Hall–Kier alpha value is -1.91. The molecule has 0 bridgehead atoms. The fourth-order valence-corrected chi connectivity index (χ4v) is 3.01. The molecule has 0 aliphatic heterocycles. The van der Waals surface area contributed by atoms with Crippen molar-refractivity contribution in [1.82, 2.24) is 0 Å². The number of carbonyl (C=O) groups excluding carboxylic acids is 1. The molecule has 2 atom stereocenters. The van der Waals surface area contributed by atoms with Gasteiger partial charge in [0.2, 0.25) is 0 Å². The van der Waals surface area contributed by atoms with Crippen molar-refractivity contribution in [2.45, 2.75) is 50.7 Å². The number of benzene rings is 1. The van der Waals surface area contributed by atoms with Crippen LogP contribution in [0.2, 0.25) is 0 Å². The molecule has 1 aliphatic carbocycles. The van der Waals surface area contributed by atoms with Crippen molar-refractivity contribution in [2.75, 3.05) is 7.11 Å². The molecule has 0 aromatic heterocycles. The van der Waals surface area contributed by atoms with Crippen molar-refractivity contribution >= 4 is 11.5 Å². The van der Waals surface area contributed by atoms with E-state index in [0.717, 1.165) is 19.3 Å². The molecule has 0 heterocycles. The molecule has 1 aromatic rings. The maximum Gasteiger partial charge on any atom is 0.308 e. The number of esters is 1. The first-order chi connectivity index (χ1) is 11.6. The van der Waals surface area contributed by atoms with Crippen LogP contribution in [0.3, 0.4) is 0 Å². The van der Waals surface area contributed by atoms with Gasteiger partial charge in [0.15, 0.2) is 0 Å². The summed E-state index contributed by atoms with van der Waals surface area (Å²) in [4.78, 5) is 11.1. The van der Waals surface area contributed by atoms with Gasteiger partial charge in [-0.05, 0) is 42.4 Å². The molecule has 0 radical (unpaired) electrons. The molecule has 4 heteroatoms. The molecule has 2 N–H and O–H groups in total. The number of aryl methyl sites for hydroxylation is 1. The van der Waals surface area contributed by atoms with Crippen LogP contribution >= 0.6 is 0 Å². The van der Waals surface area contributed by atoms with Crippen LogP contribution < -0.4 is 0 Å². The minimum atomic E-state index is -0.900. The van der Waals surface area contributed by atoms with Gasteiger partial charge in [-0.25, -0.2) is 0 Å². The Morgan fingerprint density at radius 1 is 1.25 bits per heavy atom. The van der Waals surface area contributed by atoms with Gasteiger partial charge in [0, 0.05) is 6.42 Å². The molecule has 4 nitrogen and oxygen atoms in total. The molecular formula is C20H26O4. The molecule has 24 heavy (non-hydrogen) atoms. The molecule has 0 spiro atoms. The first-order valence-electron chi connectivity index (χ1n) is 8.48. The van der Waals surface area contributed by atoms with Crippen LogP contribution in [0.4, 0.5) is 0 Å². The number of carbonyl (C=O) groups is 1. The van der Waals surface area contributed by atoms with Crippen molar-refractivity contribution < 1.29 is 19.7 Å². The average molecular weight is 330 g/mol. The molecule has 2 rings (SSSR count). The predicted octanol–water partition coefficient (Wildman–Crippen LogP) is 3.03. The van der Waals surface area contributed by atoms with E-state index in [4.69, 9.17) is 0 Å². The highest BCUT2D eigenvalue weighted by Crippen LogP contribution is 2.29. The summed E-state index contributed by atoms with van der Waals surface area (Å²) in [6, 6.07) is 8.46. The molecule has 130 valence electrons. The summed E-state index contributed by atoms with van der Waals surface area (Å²) in [5, 5.41) is 19.7. The number of rotatable bonds is 6. The second kappa shape index (κ2) is 9.40. The van der Waals surface area contributed by atoms with Gasteiger partial charge < -0.3 is 14.9 Å². The Kier molecular flexibility index (Phi) is 7.22. The van der Waals surface area contributed by atoms with Crippen LogP contribution in [0.25, 0.3) is 5.57 Å². The van der Waals surface area contributed by atoms with Crippen molar-refractivity contribution in [1.29, 1.82) is 0 Å². The third-order valence-electron chi connectivity index (χ3n) is 4.28. The van der Waals surface area contributed by atoms with Gasteiger partial charge in [-0.3, -0.25) is 4.79 Å². The van der Waals surface area contributed by atoms with Gasteiger partial charge in [-0.15, -0.1) is 0 Å². The van der Waals surface area contributed by atoms with Crippen molar-refractivity contribution in [3.8, 4) is 0 Å². The van der Waals surface area contributed by atoms with Crippen LogP contribution in [0.5, 0.6) is 0 Å². The third-order valence-corrected chi connectivity index (χ3v) is 4.28. The lowest BCUT2D eigenvalue weighted by Crippen LogP contribution is -2.20. The van der Waals surface area contributed by atoms with E-state index in [-0.39, 0.29) is 12.8 Å². The number of allylic oxidation sites excluding steroid dienone is 3. The van der Waals surface area contributed by atoms with Crippen LogP contribution in [0.1, 0.15) is 43.2 Å². The Morgan fingerprint density at radius 3 is 2.79 bits per heavy atom. The Bertz CT molecular complexity index is 603. The van der Waals surface area contributed by atoms with E-state index < -0.39 is 18.2 Å². The summed E-state index contributed by atoms with van der Waals surface area (Å²) in [5.41, 5.74) is 3.95. The second-order valence-corrected chi connectivity index (χ2v) is 6.18. The van der Waals surface area contributed by atoms with Crippen LogP contribution in [-0.2, 0) is 16.0 Å². The number of aliphatic hydroxyl groups is 2. The maximum absolute atomic E-state index is 11.1. The highest BCUT2D eigenvalue weighted by Gasteiger charge is 2.14. The molecule has 1 aliphatic rings. The van der Waals surface area contributed by atoms with E-state index in [1.54, 1.807) is 6.08 Å². The van der Waals surface area contributed by atoms with Gasteiger partial charge >= 0.3 is 5.97 Å². The largest absolute Gasteiger partial charge is 0.469 e. The number of fused-ring (bicyclic) bond motifs is 1. The van der Waals surface area contributed by atoms with E-state index in [2.05, 4.69) is 29.0 Å². The third kappa shape index (κ3) is 5.62. The summed E-state index contributed by atoms with van der Waals surface area (Å²) in [7, 11) is 1.28. The fourth-order valence-electron chi connectivity index (χ4n) is 3.01. The quantitative estimate of drug-likeness (QED) is 0.621. The minimum absolute atomic E-state index is 0.101. The summed E-state index contributed by atoms with van der Waals surface area (Å²) in [6.07, 6.45) is 8.36. The minimum Gasteiger partial charge on any atom is -0.469 e. The lowest BCUT2D eigenvalue weighted by atomic mass is 9.98. The summed E-state index contributed by atoms with van der Waals surface area (Å²) >= 11 is 0. The maximum atomic E-state index is 11.1. The van der Waals surface area contributed by atoms with Crippen LogP contribution in [0.15, 0.2) is 42.5 Å². The van der Waals surface area contributed by atoms with E-state index in [9.17, 15) is 15.0 Å². The SMILES string of the molecule is COC(=O)C[C@H](O)C[C@H](O)/C=C/C=C1\CCCCc2ccccc21. The predicted molar refractivity (Wildman–Crippen MR) is 94.4 cm³/mol. The zero-order valence-corrected chi connectivity index (χ0v) is 14.1. The first-order valence-corrected chi connectivity index (χ1v) is 8.48. The standard InChI is InChI=1S/C20H26O4/c1-24-20(23)14-18(22)13-17(21)11-6-10-16-8-3-2-7-15-9-4-5-12-19(15)16/h4-6,9-12,17-18,21-22H,2-3,7-8,13-14H2,1H3/b11-6+,16-10+/t17-,18-/m1/s1. The van der Waals surface area contributed by atoms with Crippen molar-refractivity contribution in [3.05, 3.63) is 53.6 Å². The fraction of sp³-hybridized carbons (Fsp3) is 0.450. The Balaban J connectivity index is 1.96. The molecule has 0 amide bonds. The number of hydrogen-bond donors (Lipinski definition) is 2. The topological polar surface area (TPSA) is 66.8 Å². The zero-order chi connectivity index (χ0) is 17.4. The van der Waals surface area contributed by atoms with Gasteiger partial charge in [-0.2, -0.15) is 0 Å². The molecule has 0 fully saturated rings. The van der Waals surface area contributed by atoms with E-state index >= 15 is 0 Å². The van der Waals surface area contributed by atoms with Crippen molar-refractivity contribution in [2.24, 2.45) is 0 Å². The molecule has 0 saturated heterocycles. The Morgan fingerprint density at radius 2 is 2.00 bits per heavy atom. The highest BCUT2D eigenvalue weighted by atomic mass is 16.5. The zero-order valence-electron chi connectivity index (χ0n) is 14.1. The lowest BCUT2D eigenvalue weighted by molar-refractivity contribution is -0.143. The van der Waals surface area contributed by atoms with E-state index in [0.29, 0.717) is 0 Å². The van der Waals surface area contributed by atoms with Crippen molar-refractivity contribution in [3.63, 3.8) is 0 Å². The smallest absolute Gasteiger partial charge is 0.308 e. The summed E-state index contributed by atoms with van der Waals surface area (Å²) in [5.74, 6) is -0.476. The molecular weight excluding hydrogens is 304 g/mol. The van der Waals surface area contributed by atoms with Gasteiger partial charge in [0.05, 0.1) is 25.7 Å². The summed E-state index contributed by atoms with van der Waals surface area (Å²) in [6.45, 7) is 0.